The lowest BCUT2D eigenvalue weighted by Gasteiger charge is -2.26. The van der Waals surface area contributed by atoms with Gasteiger partial charge in [-0.05, 0) is 30.4 Å². The van der Waals surface area contributed by atoms with Crippen molar-refractivity contribution in [1.82, 2.24) is 0 Å². The maximum Gasteiger partial charge on any atom is 0.320 e. The highest BCUT2D eigenvalue weighted by molar-refractivity contribution is 5.73. The minimum Gasteiger partial charge on any atom is -0.508 e. The van der Waals surface area contributed by atoms with E-state index in [4.69, 9.17) is 10.8 Å². The van der Waals surface area contributed by atoms with Gasteiger partial charge in [0.2, 0.25) is 0 Å². The van der Waals surface area contributed by atoms with Crippen LogP contribution in [0.4, 0.5) is 0 Å². The summed E-state index contributed by atoms with van der Waals surface area (Å²) < 4.78 is 0. The lowest BCUT2D eigenvalue weighted by Crippen LogP contribution is -2.33. The highest BCUT2D eigenvalue weighted by Crippen LogP contribution is 2.44. The fourth-order valence-corrected chi connectivity index (χ4v) is 2.42. The zero-order chi connectivity index (χ0) is 15.4. The van der Waals surface area contributed by atoms with E-state index in [9.17, 15) is 20.1 Å². The van der Waals surface area contributed by atoms with Crippen molar-refractivity contribution in [2.24, 2.45) is 11.7 Å². The Hall–Kier alpha value is -1.95. The quantitative estimate of drug-likeness (QED) is 0.400. The van der Waals surface area contributed by atoms with E-state index < -0.39 is 12.0 Å². The van der Waals surface area contributed by atoms with Crippen molar-refractivity contribution >= 4 is 5.97 Å². The highest BCUT2D eigenvalue weighted by atomic mass is 16.4. The molecule has 3 unspecified atom stereocenters. The number of nitrogens with two attached hydrogens (primary N) is 1. The van der Waals surface area contributed by atoms with Crippen LogP contribution in [0, 0.1) is 5.92 Å². The SMILES string of the molecule is CCC(CC(N)C(=O)O)C(C)c1c(O)ccc(O)c1O. The molecule has 0 radical (unpaired) electrons. The van der Waals surface area contributed by atoms with Crippen molar-refractivity contribution in [2.75, 3.05) is 0 Å². The number of carboxylic acid groups (broad SMARTS) is 1. The summed E-state index contributed by atoms with van der Waals surface area (Å²) in [6.45, 7) is 3.64. The number of benzene rings is 1. The number of hydrogen-bond acceptors (Lipinski definition) is 5. The molecule has 6 heteroatoms. The number of aliphatic carboxylic acids is 1. The van der Waals surface area contributed by atoms with Crippen LogP contribution in [-0.2, 0) is 4.79 Å². The fraction of sp³-hybridized carbons (Fsp3) is 0.500. The van der Waals surface area contributed by atoms with Gasteiger partial charge in [-0.1, -0.05) is 20.3 Å². The van der Waals surface area contributed by atoms with Gasteiger partial charge in [-0.2, -0.15) is 0 Å². The van der Waals surface area contributed by atoms with E-state index in [1.807, 2.05) is 6.92 Å². The Morgan fingerprint density at radius 1 is 1.25 bits per heavy atom. The Bertz CT molecular complexity index is 489. The Labute approximate surface area is 117 Å². The van der Waals surface area contributed by atoms with E-state index in [2.05, 4.69) is 0 Å². The van der Waals surface area contributed by atoms with Gasteiger partial charge in [0.1, 0.15) is 11.8 Å². The van der Waals surface area contributed by atoms with Gasteiger partial charge >= 0.3 is 5.97 Å². The van der Waals surface area contributed by atoms with Crippen molar-refractivity contribution < 1.29 is 25.2 Å². The number of phenolic OH excluding ortho intramolecular Hbond substituents is 3. The van der Waals surface area contributed by atoms with Crippen LogP contribution in [0.3, 0.4) is 0 Å². The summed E-state index contributed by atoms with van der Waals surface area (Å²) in [6.07, 6.45) is 0.859. The summed E-state index contributed by atoms with van der Waals surface area (Å²) in [5.74, 6) is -2.38. The minimum absolute atomic E-state index is 0.129. The van der Waals surface area contributed by atoms with Crippen LogP contribution < -0.4 is 5.73 Å². The van der Waals surface area contributed by atoms with Gasteiger partial charge in [-0.3, -0.25) is 4.79 Å². The molecule has 0 aromatic heterocycles. The van der Waals surface area contributed by atoms with E-state index in [1.165, 1.54) is 12.1 Å². The molecule has 0 amide bonds. The number of carbonyl (C=O) groups is 1. The van der Waals surface area contributed by atoms with Crippen molar-refractivity contribution in [2.45, 2.75) is 38.6 Å². The van der Waals surface area contributed by atoms with Gasteiger partial charge in [-0.25, -0.2) is 0 Å². The third-order valence-electron chi connectivity index (χ3n) is 3.73. The molecule has 0 saturated heterocycles. The van der Waals surface area contributed by atoms with Gasteiger partial charge in [0.25, 0.3) is 0 Å². The number of carboxylic acids is 1. The van der Waals surface area contributed by atoms with Gasteiger partial charge in [-0.15, -0.1) is 0 Å². The maximum absolute atomic E-state index is 10.8. The topological polar surface area (TPSA) is 124 Å². The van der Waals surface area contributed by atoms with Crippen LogP contribution in [0.25, 0.3) is 0 Å². The first kappa shape index (κ1) is 16.1. The van der Waals surface area contributed by atoms with Crippen molar-refractivity contribution in [3.05, 3.63) is 17.7 Å². The molecule has 1 aromatic rings. The molecule has 0 fully saturated rings. The third kappa shape index (κ3) is 3.33. The molecule has 112 valence electrons. The molecule has 1 rings (SSSR count). The van der Waals surface area contributed by atoms with Crippen LogP contribution in [0.2, 0.25) is 0 Å². The Balaban J connectivity index is 3.05. The second-order valence-corrected chi connectivity index (χ2v) is 5.00. The van der Waals surface area contributed by atoms with E-state index >= 15 is 0 Å². The first-order valence-corrected chi connectivity index (χ1v) is 6.51. The molecule has 1 aromatic carbocycles. The Morgan fingerprint density at radius 3 is 2.30 bits per heavy atom. The lowest BCUT2D eigenvalue weighted by atomic mass is 9.81. The standard InChI is InChI=1S/C14H21NO5/c1-3-8(6-9(15)14(19)20)7(2)12-10(16)4-5-11(17)13(12)18/h4-5,7-9,16-18H,3,6,15H2,1-2H3,(H,19,20). The molecule has 6 nitrogen and oxygen atoms in total. The predicted molar refractivity (Wildman–Crippen MR) is 73.9 cm³/mol. The minimum atomic E-state index is -1.08. The summed E-state index contributed by atoms with van der Waals surface area (Å²) in [5.41, 5.74) is 5.76. The summed E-state index contributed by atoms with van der Waals surface area (Å²) in [5, 5.41) is 38.1. The Kier molecular flexibility index (Phi) is 5.21. The maximum atomic E-state index is 10.8. The molecule has 0 aliphatic rings. The Morgan fingerprint density at radius 2 is 1.80 bits per heavy atom. The number of phenols is 3. The summed E-state index contributed by atoms with van der Waals surface area (Å²) >= 11 is 0. The fourth-order valence-electron chi connectivity index (χ4n) is 2.42. The molecule has 6 N–H and O–H groups in total. The molecule has 0 bridgehead atoms. The van der Waals surface area contributed by atoms with E-state index in [1.54, 1.807) is 6.92 Å². The number of rotatable bonds is 6. The number of hydrogen-bond donors (Lipinski definition) is 5. The lowest BCUT2D eigenvalue weighted by molar-refractivity contribution is -0.139. The highest BCUT2D eigenvalue weighted by Gasteiger charge is 2.27. The molecule has 20 heavy (non-hydrogen) atoms. The van der Waals surface area contributed by atoms with Crippen LogP contribution in [0.15, 0.2) is 12.1 Å². The zero-order valence-electron chi connectivity index (χ0n) is 11.6. The van der Waals surface area contributed by atoms with Gasteiger partial charge < -0.3 is 26.2 Å². The van der Waals surface area contributed by atoms with Gasteiger partial charge in [0.15, 0.2) is 11.5 Å². The largest absolute Gasteiger partial charge is 0.508 e. The van der Waals surface area contributed by atoms with Crippen LogP contribution in [-0.4, -0.2) is 32.4 Å². The van der Waals surface area contributed by atoms with Gasteiger partial charge in [0, 0.05) is 5.56 Å². The summed E-state index contributed by atoms with van der Waals surface area (Å²) in [6, 6.07) is 1.50. The molecule has 3 atom stereocenters. The van der Waals surface area contributed by atoms with Crippen molar-refractivity contribution in [3.8, 4) is 17.2 Å². The number of aromatic hydroxyl groups is 3. The van der Waals surface area contributed by atoms with Crippen LogP contribution in [0.5, 0.6) is 17.2 Å². The monoisotopic (exact) mass is 283 g/mol. The molecule has 0 aliphatic carbocycles. The second-order valence-electron chi connectivity index (χ2n) is 5.00. The van der Waals surface area contributed by atoms with Crippen molar-refractivity contribution in [1.29, 1.82) is 0 Å². The second kappa shape index (κ2) is 6.47. The molecular formula is C14H21NO5. The summed E-state index contributed by atoms with van der Waals surface area (Å²) in [7, 11) is 0. The van der Waals surface area contributed by atoms with E-state index in [0.29, 0.717) is 6.42 Å². The first-order valence-electron chi connectivity index (χ1n) is 6.51. The molecule has 0 aliphatic heterocycles. The predicted octanol–water partition coefficient (Wildman–Crippen LogP) is 1.74. The summed E-state index contributed by atoms with van der Waals surface area (Å²) in [4.78, 5) is 10.8. The zero-order valence-corrected chi connectivity index (χ0v) is 11.6. The molecule has 0 saturated carbocycles. The normalized spacial score (nSPS) is 15.6. The van der Waals surface area contributed by atoms with Crippen molar-refractivity contribution in [3.63, 3.8) is 0 Å². The van der Waals surface area contributed by atoms with Gasteiger partial charge in [0.05, 0.1) is 0 Å². The average Bonchev–Trinajstić information content (AvgIpc) is 2.40. The smallest absolute Gasteiger partial charge is 0.320 e. The van der Waals surface area contributed by atoms with E-state index in [-0.39, 0.29) is 41.1 Å². The van der Waals surface area contributed by atoms with Crippen LogP contribution >= 0.6 is 0 Å². The molecular weight excluding hydrogens is 262 g/mol. The molecule has 0 spiro atoms. The van der Waals surface area contributed by atoms with E-state index in [0.717, 1.165) is 0 Å². The van der Waals surface area contributed by atoms with Crippen LogP contribution in [0.1, 0.15) is 38.2 Å². The average molecular weight is 283 g/mol. The first-order chi connectivity index (χ1) is 9.29. The third-order valence-corrected chi connectivity index (χ3v) is 3.73. The molecule has 0 heterocycles.